The van der Waals surface area contributed by atoms with Crippen LogP contribution in [0.25, 0.3) is 22.0 Å². The highest BCUT2D eigenvalue weighted by molar-refractivity contribution is 7.87. The first-order valence-electron chi connectivity index (χ1n) is 9.31. The molecule has 0 radical (unpaired) electrons. The first-order chi connectivity index (χ1) is 14.4. The number of nitrogens with two attached hydrogens (primary N) is 1. The maximum absolute atomic E-state index is 13.0. The van der Waals surface area contributed by atoms with Crippen LogP contribution in [0.3, 0.4) is 0 Å². The van der Waals surface area contributed by atoms with Gasteiger partial charge in [-0.15, -0.1) is 12.4 Å². The van der Waals surface area contributed by atoms with E-state index in [2.05, 4.69) is 9.82 Å². The second-order valence-electron chi connectivity index (χ2n) is 6.91. The van der Waals surface area contributed by atoms with Crippen molar-refractivity contribution in [2.75, 3.05) is 0 Å². The predicted octanol–water partition coefficient (Wildman–Crippen LogP) is 2.83. The second-order valence-corrected chi connectivity index (χ2v) is 8.28. The number of rotatable bonds is 6. The van der Waals surface area contributed by atoms with Crippen molar-refractivity contribution in [3.8, 4) is 11.3 Å². The van der Waals surface area contributed by atoms with Crippen LogP contribution >= 0.6 is 12.4 Å². The van der Waals surface area contributed by atoms with Gasteiger partial charge in [-0.2, -0.15) is 18.2 Å². The molecular formula is C22H21ClN4O3S. The quantitative estimate of drug-likeness (QED) is 0.465. The van der Waals surface area contributed by atoms with E-state index in [4.69, 9.17) is 5.14 Å². The number of aromatic nitrogens is 2. The van der Waals surface area contributed by atoms with Crippen LogP contribution in [-0.2, 0) is 23.3 Å². The van der Waals surface area contributed by atoms with E-state index in [1.54, 1.807) is 18.2 Å². The lowest BCUT2D eigenvalue weighted by Crippen LogP contribution is -2.30. The van der Waals surface area contributed by atoms with Crippen molar-refractivity contribution in [2.45, 2.75) is 13.1 Å². The molecule has 4 rings (SSSR count). The molecule has 31 heavy (non-hydrogen) atoms. The van der Waals surface area contributed by atoms with Gasteiger partial charge >= 0.3 is 0 Å². The Morgan fingerprint density at radius 3 is 2.10 bits per heavy atom. The molecule has 7 nitrogen and oxygen atoms in total. The molecule has 0 spiro atoms. The zero-order chi connectivity index (χ0) is 21.1. The van der Waals surface area contributed by atoms with Crippen LogP contribution in [0.15, 0.2) is 83.7 Å². The number of hydrogen-bond donors (Lipinski definition) is 2. The van der Waals surface area contributed by atoms with Crippen LogP contribution in [0.1, 0.15) is 11.1 Å². The van der Waals surface area contributed by atoms with E-state index in [9.17, 15) is 13.2 Å². The third kappa shape index (κ3) is 5.36. The zero-order valence-corrected chi connectivity index (χ0v) is 18.1. The Labute approximate surface area is 186 Å². The zero-order valence-electron chi connectivity index (χ0n) is 16.4. The Kier molecular flexibility index (Phi) is 6.87. The molecule has 0 aliphatic carbocycles. The van der Waals surface area contributed by atoms with Gasteiger partial charge in [-0.3, -0.25) is 4.79 Å². The van der Waals surface area contributed by atoms with Crippen molar-refractivity contribution in [1.82, 2.24) is 14.5 Å². The third-order valence-corrected chi connectivity index (χ3v) is 5.29. The van der Waals surface area contributed by atoms with Gasteiger partial charge in [0.05, 0.1) is 17.6 Å². The van der Waals surface area contributed by atoms with Gasteiger partial charge in [-0.1, -0.05) is 72.8 Å². The Morgan fingerprint density at radius 1 is 0.839 bits per heavy atom. The smallest absolute Gasteiger partial charge is 0.267 e. The number of benzene rings is 3. The highest BCUT2D eigenvalue weighted by atomic mass is 35.5. The van der Waals surface area contributed by atoms with Crippen LogP contribution in [0.2, 0.25) is 0 Å². The molecule has 0 amide bonds. The van der Waals surface area contributed by atoms with Crippen LogP contribution < -0.4 is 15.4 Å². The Morgan fingerprint density at radius 2 is 1.45 bits per heavy atom. The first-order valence-corrected chi connectivity index (χ1v) is 10.9. The molecule has 0 unspecified atom stereocenters. The molecule has 4 aromatic rings. The van der Waals surface area contributed by atoms with Gasteiger partial charge in [0.2, 0.25) is 0 Å². The van der Waals surface area contributed by atoms with Crippen molar-refractivity contribution in [3.05, 3.63) is 100 Å². The highest BCUT2D eigenvalue weighted by Gasteiger charge is 2.12. The molecule has 1 heterocycles. The minimum absolute atomic E-state index is 0. The molecule has 0 fully saturated rings. The Hall–Kier alpha value is -3.04. The van der Waals surface area contributed by atoms with E-state index in [1.807, 2.05) is 60.7 Å². The van der Waals surface area contributed by atoms with E-state index in [0.717, 1.165) is 22.1 Å². The fourth-order valence-electron chi connectivity index (χ4n) is 3.28. The van der Waals surface area contributed by atoms with Gasteiger partial charge in [0, 0.05) is 17.5 Å². The molecule has 160 valence electrons. The van der Waals surface area contributed by atoms with E-state index in [-0.39, 0.29) is 24.5 Å². The number of hydrogen-bond acceptors (Lipinski definition) is 4. The fraction of sp³-hybridized carbons (Fsp3) is 0.0909. The largest absolute Gasteiger partial charge is 0.274 e. The van der Waals surface area contributed by atoms with Crippen molar-refractivity contribution in [2.24, 2.45) is 5.14 Å². The average molecular weight is 457 g/mol. The van der Waals surface area contributed by atoms with Crippen molar-refractivity contribution in [3.63, 3.8) is 0 Å². The molecule has 1 aromatic heterocycles. The van der Waals surface area contributed by atoms with Crippen LogP contribution in [0, 0.1) is 0 Å². The summed E-state index contributed by atoms with van der Waals surface area (Å²) in [4.78, 5) is 13.0. The fourth-order valence-corrected chi connectivity index (χ4v) is 3.64. The molecule has 3 aromatic carbocycles. The first kappa shape index (κ1) is 22.6. The highest BCUT2D eigenvalue weighted by Crippen LogP contribution is 2.25. The van der Waals surface area contributed by atoms with Crippen LogP contribution in [0.4, 0.5) is 0 Å². The van der Waals surface area contributed by atoms with Crippen LogP contribution in [0.5, 0.6) is 0 Å². The normalized spacial score (nSPS) is 11.3. The minimum atomic E-state index is -3.75. The average Bonchev–Trinajstić information content (AvgIpc) is 2.75. The van der Waals surface area contributed by atoms with Crippen molar-refractivity contribution < 1.29 is 8.42 Å². The minimum Gasteiger partial charge on any atom is -0.267 e. The topological polar surface area (TPSA) is 107 Å². The van der Waals surface area contributed by atoms with E-state index in [0.29, 0.717) is 17.6 Å². The number of fused-ring (bicyclic) bond motifs is 1. The summed E-state index contributed by atoms with van der Waals surface area (Å²) in [6, 6.07) is 24.4. The lowest BCUT2D eigenvalue weighted by Gasteiger charge is -2.12. The maximum atomic E-state index is 13.0. The summed E-state index contributed by atoms with van der Waals surface area (Å²) in [6.45, 7) is 0.467. The van der Waals surface area contributed by atoms with Crippen molar-refractivity contribution >= 4 is 33.4 Å². The standard InChI is InChI=1S/C22H20N4O3S.ClH/c23-30(28,29)24-14-16-10-12-18(13-11-16)21-19-8-4-5-9-20(19)22(27)26(25-21)15-17-6-2-1-3-7-17;/h1-13,24H,14-15H2,(H2,23,28,29);1H. The summed E-state index contributed by atoms with van der Waals surface area (Å²) in [5.74, 6) is 0. The SMILES string of the molecule is Cl.NS(=O)(=O)NCc1ccc(-c2nn(Cc3ccccc3)c(=O)c3ccccc23)cc1. The van der Waals surface area contributed by atoms with Gasteiger partial charge < -0.3 is 0 Å². The van der Waals surface area contributed by atoms with Gasteiger partial charge in [-0.25, -0.2) is 9.82 Å². The second kappa shape index (κ2) is 9.40. The monoisotopic (exact) mass is 456 g/mol. The molecule has 0 aliphatic heterocycles. The van der Waals surface area contributed by atoms with Gasteiger partial charge in [0.1, 0.15) is 0 Å². The molecule has 0 bridgehead atoms. The molecule has 3 N–H and O–H groups in total. The Bertz CT molecular complexity index is 1360. The summed E-state index contributed by atoms with van der Waals surface area (Å²) >= 11 is 0. The Balaban J connectivity index is 0.00000272. The number of nitrogens with zero attached hydrogens (tertiary/aromatic N) is 2. The third-order valence-electron chi connectivity index (χ3n) is 4.75. The van der Waals surface area contributed by atoms with E-state index < -0.39 is 10.2 Å². The van der Waals surface area contributed by atoms with Gasteiger partial charge in [-0.05, 0) is 17.2 Å². The van der Waals surface area contributed by atoms with Gasteiger partial charge in [0.15, 0.2) is 0 Å². The molecule has 0 aliphatic rings. The van der Waals surface area contributed by atoms with Gasteiger partial charge in [0.25, 0.3) is 15.8 Å². The summed E-state index contributed by atoms with van der Waals surface area (Å²) < 4.78 is 25.9. The molecule has 9 heteroatoms. The summed E-state index contributed by atoms with van der Waals surface area (Å²) in [5, 5.41) is 11.0. The lowest BCUT2D eigenvalue weighted by atomic mass is 10.0. The molecule has 0 saturated heterocycles. The molecule has 0 saturated carbocycles. The maximum Gasteiger partial charge on any atom is 0.274 e. The number of halogens is 1. The summed E-state index contributed by atoms with van der Waals surface area (Å²) in [5.41, 5.74) is 3.11. The molecule has 0 atom stereocenters. The summed E-state index contributed by atoms with van der Waals surface area (Å²) in [7, 11) is -3.75. The van der Waals surface area contributed by atoms with E-state index >= 15 is 0 Å². The summed E-state index contributed by atoms with van der Waals surface area (Å²) in [6.07, 6.45) is 0. The van der Waals surface area contributed by atoms with Crippen molar-refractivity contribution in [1.29, 1.82) is 0 Å². The van der Waals surface area contributed by atoms with Crippen LogP contribution in [-0.4, -0.2) is 18.2 Å². The predicted molar refractivity (Wildman–Crippen MR) is 124 cm³/mol. The molecular weight excluding hydrogens is 436 g/mol. The number of nitrogens with one attached hydrogen (secondary N) is 1. The lowest BCUT2D eigenvalue weighted by molar-refractivity contribution is 0.583. The van der Waals surface area contributed by atoms with E-state index in [1.165, 1.54) is 4.68 Å².